The van der Waals surface area contributed by atoms with Crippen LogP contribution in [0.5, 0.6) is 0 Å². The Kier molecular flexibility index (Phi) is 4.39. The van der Waals surface area contributed by atoms with E-state index in [9.17, 15) is 9.18 Å². The molecular formula is C15H14BrFN2O. The predicted octanol–water partition coefficient (Wildman–Crippen LogP) is 3.61. The molecule has 3 N–H and O–H groups in total. The van der Waals surface area contributed by atoms with Crippen LogP contribution in [0.1, 0.15) is 21.5 Å². The first kappa shape index (κ1) is 14.5. The van der Waals surface area contributed by atoms with Crippen LogP contribution in [-0.4, -0.2) is 5.91 Å². The second-order valence-electron chi connectivity index (χ2n) is 4.51. The van der Waals surface area contributed by atoms with Crippen LogP contribution in [0.25, 0.3) is 0 Å². The van der Waals surface area contributed by atoms with E-state index >= 15 is 0 Å². The summed E-state index contributed by atoms with van der Waals surface area (Å²) in [6.07, 6.45) is 0. The number of primary amides is 1. The number of benzene rings is 2. The van der Waals surface area contributed by atoms with Crippen LogP contribution in [0.2, 0.25) is 0 Å². The highest BCUT2D eigenvalue weighted by Gasteiger charge is 2.07. The first-order valence-corrected chi connectivity index (χ1v) is 6.85. The SMILES string of the molecule is Cc1ccc(CNc2cc(C(N)=O)ccc2F)c(Br)c1. The Morgan fingerprint density at radius 2 is 2.05 bits per heavy atom. The summed E-state index contributed by atoms with van der Waals surface area (Å²) in [5, 5.41) is 2.97. The Balaban J connectivity index is 2.18. The van der Waals surface area contributed by atoms with Gasteiger partial charge < -0.3 is 11.1 Å². The van der Waals surface area contributed by atoms with Crippen molar-refractivity contribution in [1.82, 2.24) is 0 Å². The van der Waals surface area contributed by atoms with Crippen molar-refractivity contribution in [1.29, 1.82) is 0 Å². The van der Waals surface area contributed by atoms with Gasteiger partial charge in [-0.15, -0.1) is 0 Å². The molecule has 0 radical (unpaired) electrons. The lowest BCUT2D eigenvalue weighted by Gasteiger charge is -2.10. The molecular weight excluding hydrogens is 323 g/mol. The summed E-state index contributed by atoms with van der Waals surface area (Å²) in [4.78, 5) is 11.1. The van der Waals surface area contributed by atoms with E-state index in [0.717, 1.165) is 15.6 Å². The molecule has 1 amide bonds. The van der Waals surface area contributed by atoms with Crippen LogP contribution in [0.4, 0.5) is 10.1 Å². The molecule has 2 rings (SSSR count). The number of nitrogens with one attached hydrogen (secondary N) is 1. The normalized spacial score (nSPS) is 10.3. The number of hydrogen-bond donors (Lipinski definition) is 2. The van der Waals surface area contributed by atoms with Gasteiger partial charge in [-0.1, -0.05) is 28.1 Å². The number of rotatable bonds is 4. The Labute approximate surface area is 125 Å². The standard InChI is InChI=1S/C15H14BrFN2O/c1-9-2-3-11(12(16)6-9)8-19-14-7-10(15(18)20)4-5-13(14)17/h2-7,19H,8H2,1H3,(H2,18,20). The fourth-order valence-electron chi connectivity index (χ4n) is 1.80. The van der Waals surface area contributed by atoms with Crippen LogP contribution < -0.4 is 11.1 Å². The zero-order valence-corrected chi connectivity index (χ0v) is 12.5. The van der Waals surface area contributed by atoms with E-state index in [1.165, 1.54) is 18.2 Å². The minimum absolute atomic E-state index is 0.258. The van der Waals surface area contributed by atoms with E-state index in [-0.39, 0.29) is 11.3 Å². The molecule has 0 aliphatic carbocycles. The van der Waals surface area contributed by atoms with E-state index in [2.05, 4.69) is 21.2 Å². The maximum absolute atomic E-state index is 13.7. The van der Waals surface area contributed by atoms with Crippen LogP contribution in [0.3, 0.4) is 0 Å². The third-order valence-electron chi connectivity index (χ3n) is 2.93. The molecule has 0 unspecified atom stereocenters. The van der Waals surface area contributed by atoms with E-state index in [0.29, 0.717) is 6.54 Å². The summed E-state index contributed by atoms with van der Waals surface area (Å²) in [5.41, 5.74) is 7.86. The molecule has 0 aromatic heterocycles. The monoisotopic (exact) mass is 336 g/mol. The van der Waals surface area contributed by atoms with E-state index in [1.54, 1.807) is 0 Å². The molecule has 2 aromatic rings. The number of carbonyl (C=O) groups is 1. The highest BCUT2D eigenvalue weighted by molar-refractivity contribution is 9.10. The van der Waals surface area contributed by atoms with Gasteiger partial charge in [0, 0.05) is 16.6 Å². The number of halogens is 2. The summed E-state index contributed by atoms with van der Waals surface area (Å²) in [6, 6.07) is 9.95. The fraction of sp³-hybridized carbons (Fsp3) is 0.133. The van der Waals surface area contributed by atoms with Gasteiger partial charge in [-0.3, -0.25) is 4.79 Å². The first-order valence-electron chi connectivity index (χ1n) is 6.05. The topological polar surface area (TPSA) is 55.1 Å². The summed E-state index contributed by atoms with van der Waals surface area (Å²) in [7, 11) is 0. The molecule has 5 heteroatoms. The van der Waals surface area contributed by atoms with Crippen molar-refractivity contribution in [2.45, 2.75) is 13.5 Å². The maximum Gasteiger partial charge on any atom is 0.248 e. The average molecular weight is 337 g/mol. The number of carbonyl (C=O) groups excluding carboxylic acids is 1. The summed E-state index contributed by atoms with van der Waals surface area (Å²) in [6.45, 7) is 2.44. The molecule has 2 aromatic carbocycles. The van der Waals surface area contributed by atoms with Crippen molar-refractivity contribution in [3.05, 3.63) is 63.4 Å². The first-order chi connectivity index (χ1) is 9.47. The Hall–Kier alpha value is -1.88. The summed E-state index contributed by atoms with van der Waals surface area (Å²) >= 11 is 3.47. The van der Waals surface area contributed by atoms with Gasteiger partial charge in [0.15, 0.2) is 0 Å². The van der Waals surface area contributed by atoms with Crippen molar-refractivity contribution < 1.29 is 9.18 Å². The predicted molar refractivity (Wildman–Crippen MR) is 81.1 cm³/mol. The molecule has 0 saturated carbocycles. The molecule has 0 aliphatic rings. The van der Waals surface area contributed by atoms with E-state index in [4.69, 9.17) is 5.73 Å². The number of anilines is 1. The fourth-order valence-corrected chi connectivity index (χ4v) is 2.43. The lowest BCUT2D eigenvalue weighted by Crippen LogP contribution is -2.12. The summed E-state index contributed by atoms with van der Waals surface area (Å²) in [5.74, 6) is -0.997. The molecule has 0 heterocycles. The molecule has 20 heavy (non-hydrogen) atoms. The van der Waals surface area contributed by atoms with Crippen LogP contribution in [0, 0.1) is 12.7 Å². The molecule has 0 bridgehead atoms. The van der Waals surface area contributed by atoms with Gasteiger partial charge in [-0.25, -0.2) is 4.39 Å². The van der Waals surface area contributed by atoms with Gasteiger partial charge in [0.05, 0.1) is 5.69 Å². The minimum atomic E-state index is -0.579. The molecule has 0 fully saturated rings. The van der Waals surface area contributed by atoms with Crippen LogP contribution in [0.15, 0.2) is 40.9 Å². The summed E-state index contributed by atoms with van der Waals surface area (Å²) < 4.78 is 14.6. The van der Waals surface area contributed by atoms with Gasteiger partial charge in [0.25, 0.3) is 0 Å². The molecule has 0 spiro atoms. The van der Waals surface area contributed by atoms with Crippen molar-refractivity contribution in [2.75, 3.05) is 5.32 Å². The van der Waals surface area contributed by atoms with Crippen molar-refractivity contribution in [3.8, 4) is 0 Å². The molecule has 3 nitrogen and oxygen atoms in total. The quantitative estimate of drug-likeness (QED) is 0.896. The van der Waals surface area contributed by atoms with Gasteiger partial charge >= 0.3 is 0 Å². The lowest BCUT2D eigenvalue weighted by molar-refractivity contribution is 0.100. The van der Waals surface area contributed by atoms with Gasteiger partial charge in [0.2, 0.25) is 5.91 Å². The van der Waals surface area contributed by atoms with Crippen LogP contribution in [-0.2, 0) is 6.54 Å². The molecule has 0 saturated heterocycles. The van der Waals surface area contributed by atoms with E-state index in [1.807, 2.05) is 25.1 Å². The van der Waals surface area contributed by atoms with E-state index < -0.39 is 11.7 Å². The maximum atomic E-state index is 13.7. The Morgan fingerprint density at radius 1 is 1.30 bits per heavy atom. The lowest BCUT2D eigenvalue weighted by atomic mass is 10.1. The van der Waals surface area contributed by atoms with Gasteiger partial charge in [-0.2, -0.15) is 0 Å². The average Bonchev–Trinajstić information content (AvgIpc) is 2.39. The van der Waals surface area contributed by atoms with Gasteiger partial charge in [0.1, 0.15) is 5.82 Å². The largest absolute Gasteiger partial charge is 0.379 e. The number of amides is 1. The molecule has 0 atom stereocenters. The Morgan fingerprint density at radius 3 is 2.70 bits per heavy atom. The number of nitrogens with two attached hydrogens (primary N) is 1. The molecule has 104 valence electrons. The third-order valence-corrected chi connectivity index (χ3v) is 3.67. The number of hydrogen-bond acceptors (Lipinski definition) is 2. The van der Waals surface area contributed by atoms with Crippen LogP contribution >= 0.6 is 15.9 Å². The number of aryl methyl sites for hydroxylation is 1. The van der Waals surface area contributed by atoms with Gasteiger partial charge in [-0.05, 0) is 42.3 Å². The highest BCUT2D eigenvalue weighted by Crippen LogP contribution is 2.21. The second-order valence-corrected chi connectivity index (χ2v) is 5.36. The van der Waals surface area contributed by atoms with Crippen molar-refractivity contribution >= 4 is 27.5 Å². The highest BCUT2D eigenvalue weighted by atomic mass is 79.9. The third kappa shape index (κ3) is 3.36. The van der Waals surface area contributed by atoms with Crippen molar-refractivity contribution in [3.63, 3.8) is 0 Å². The second kappa shape index (κ2) is 6.05. The smallest absolute Gasteiger partial charge is 0.248 e. The van der Waals surface area contributed by atoms with Crippen molar-refractivity contribution in [2.24, 2.45) is 5.73 Å². The Bertz CT molecular complexity index is 658. The molecule has 0 aliphatic heterocycles. The zero-order chi connectivity index (χ0) is 14.7. The minimum Gasteiger partial charge on any atom is -0.379 e. The zero-order valence-electron chi connectivity index (χ0n) is 10.9.